The van der Waals surface area contributed by atoms with Gasteiger partial charge in [0.1, 0.15) is 5.75 Å². The quantitative estimate of drug-likeness (QED) is 0.814. The Morgan fingerprint density at radius 2 is 1.92 bits per heavy atom. The lowest BCUT2D eigenvalue weighted by molar-refractivity contribution is 0.0379. The van der Waals surface area contributed by atoms with Crippen LogP contribution < -0.4 is 15.0 Å². The third-order valence-corrected chi connectivity index (χ3v) is 4.93. The number of rotatable bonds is 1. The van der Waals surface area contributed by atoms with Crippen LogP contribution in [0.25, 0.3) is 0 Å². The maximum Gasteiger partial charge on any atom is 0.325 e. The van der Waals surface area contributed by atoms with Gasteiger partial charge in [0.15, 0.2) is 5.72 Å². The summed E-state index contributed by atoms with van der Waals surface area (Å²) in [5, 5.41) is 3.74. The Labute approximate surface area is 146 Å². The van der Waals surface area contributed by atoms with Crippen LogP contribution in [0.4, 0.5) is 10.5 Å². The number of ether oxygens (including phenoxy) is 1. The first-order valence-corrected chi connectivity index (χ1v) is 8.41. The molecule has 0 radical (unpaired) electrons. The van der Waals surface area contributed by atoms with Crippen molar-refractivity contribution >= 4 is 23.3 Å². The summed E-state index contributed by atoms with van der Waals surface area (Å²) < 4.78 is 6.27. The van der Waals surface area contributed by atoms with Crippen molar-refractivity contribution in [3.05, 3.63) is 58.1 Å². The lowest BCUT2D eigenvalue weighted by atomic mass is 9.90. The zero-order valence-corrected chi connectivity index (χ0v) is 14.6. The van der Waals surface area contributed by atoms with Crippen LogP contribution in [-0.4, -0.2) is 11.8 Å². The van der Waals surface area contributed by atoms with Gasteiger partial charge in [0, 0.05) is 22.7 Å². The Morgan fingerprint density at radius 1 is 1.21 bits per heavy atom. The first kappa shape index (κ1) is 15.3. The van der Waals surface area contributed by atoms with E-state index in [1.54, 1.807) is 4.90 Å². The van der Waals surface area contributed by atoms with Crippen molar-refractivity contribution in [2.24, 2.45) is 0 Å². The molecule has 4 nitrogen and oxygen atoms in total. The molecule has 2 aliphatic rings. The summed E-state index contributed by atoms with van der Waals surface area (Å²) in [6.07, 6.45) is 0.666. The Kier molecular flexibility index (Phi) is 3.29. The fourth-order valence-corrected chi connectivity index (χ4v) is 4.00. The SMILES string of the molecule is Cc1cc(C)cc(N2C(=O)NC3C[C@]2(C)Oc2ccc(Cl)cc23)c1. The van der Waals surface area contributed by atoms with Crippen LogP contribution in [0.5, 0.6) is 5.75 Å². The summed E-state index contributed by atoms with van der Waals surface area (Å²) in [7, 11) is 0. The summed E-state index contributed by atoms with van der Waals surface area (Å²) >= 11 is 6.11. The van der Waals surface area contributed by atoms with Crippen LogP contribution in [0.1, 0.15) is 36.1 Å². The van der Waals surface area contributed by atoms with E-state index in [2.05, 4.69) is 11.4 Å². The third kappa shape index (κ3) is 2.33. The van der Waals surface area contributed by atoms with Gasteiger partial charge in [0.25, 0.3) is 0 Å². The molecule has 1 unspecified atom stereocenters. The number of nitrogens with zero attached hydrogens (tertiary/aromatic N) is 1. The van der Waals surface area contributed by atoms with Crippen molar-refractivity contribution < 1.29 is 9.53 Å². The average molecular weight is 343 g/mol. The normalized spacial score (nSPS) is 24.9. The van der Waals surface area contributed by atoms with Crippen molar-refractivity contribution in [2.45, 2.75) is 39.0 Å². The largest absolute Gasteiger partial charge is 0.467 e. The summed E-state index contributed by atoms with van der Waals surface area (Å²) in [4.78, 5) is 14.6. The minimum Gasteiger partial charge on any atom is -0.467 e. The highest BCUT2D eigenvalue weighted by Gasteiger charge is 2.49. The molecule has 2 atom stereocenters. The number of benzene rings is 2. The van der Waals surface area contributed by atoms with Gasteiger partial charge in [-0.25, -0.2) is 4.79 Å². The highest BCUT2D eigenvalue weighted by atomic mass is 35.5. The smallest absolute Gasteiger partial charge is 0.325 e. The van der Waals surface area contributed by atoms with Gasteiger partial charge in [-0.1, -0.05) is 17.7 Å². The maximum absolute atomic E-state index is 12.8. The monoisotopic (exact) mass is 342 g/mol. The predicted octanol–water partition coefficient (Wildman–Crippen LogP) is 4.73. The van der Waals surface area contributed by atoms with Gasteiger partial charge in [-0.3, -0.25) is 4.90 Å². The number of urea groups is 1. The van der Waals surface area contributed by atoms with Crippen molar-refractivity contribution in [1.82, 2.24) is 5.32 Å². The molecule has 2 aliphatic heterocycles. The van der Waals surface area contributed by atoms with Gasteiger partial charge in [-0.05, 0) is 62.2 Å². The second-order valence-corrected chi connectivity index (χ2v) is 7.28. The number of halogens is 1. The van der Waals surface area contributed by atoms with Crippen LogP contribution in [0, 0.1) is 13.8 Å². The average Bonchev–Trinajstić information content (AvgIpc) is 2.46. The molecule has 0 saturated carbocycles. The number of amides is 2. The fraction of sp³-hybridized carbons (Fsp3) is 0.316. The highest BCUT2D eigenvalue weighted by Crippen LogP contribution is 2.46. The summed E-state index contributed by atoms with van der Waals surface area (Å²) in [5.41, 5.74) is 3.29. The van der Waals surface area contributed by atoms with Crippen molar-refractivity contribution in [1.29, 1.82) is 0 Å². The Bertz CT molecular complexity index is 831. The Morgan fingerprint density at radius 3 is 2.62 bits per heavy atom. The molecular formula is C19H19ClN2O2. The number of hydrogen-bond acceptors (Lipinski definition) is 2. The molecule has 0 aromatic heterocycles. The van der Waals surface area contributed by atoms with Gasteiger partial charge >= 0.3 is 6.03 Å². The van der Waals surface area contributed by atoms with E-state index in [-0.39, 0.29) is 12.1 Å². The topological polar surface area (TPSA) is 41.6 Å². The molecule has 2 heterocycles. The number of carbonyl (C=O) groups excluding carboxylic acids is 1. The molecule has 24 heavy (non-hydrogen) atoms. The molecule has 1 N–H and O–H groups in total. The van der Waals surface area contributed by atoms with E-state index in [4.69, 9.17) is 16.3 Å². The second kappa shape index (κ2) is 5.15. The van der Waals surface area contributed by atoms with Crippen molar-refractivity contribution in [3.8, 4) is 5.75 Å². The van der Waals surface area contributed by atoms with Gasteiger partial charge in [0.05, 0.1) is 6.04 Å². The van der Waals surface area contributed by atoms with Gasteiger partial charge in [-0.15, -0.1) is 0 Å². The van der Waals surface area contributed by atoms with Crippen LogP contribution in [0.2, 0.25) is 5.02 Å². The molecule has 2 aromatic carbocycles. The maximum atomic E-state index is 12.8. The van der Waals surface area contributed by atoms with Gasteiger partial charge in [-0.2, -0.15) is 0 Å². The molecule has 1 saturated heterocycles. The molecule has 2 bridgehead atoms. The molecule has 124 valence electrons. The van der Waals surface area contributed by atoms with E-state index in [0.717, 1.165) is 28.1 Å². The standard InChI is InChI=1S/C19H19ClN2O2/c1-11-6-12(2)8-14(7-11)22-18(23)21-16-10-19(22,3)24-17-5-4-13(20)9-15(16)17/h4-9,16H,10H2,1-3H3,(H,21,23)/t16?,19-/m0/s1. The van der Waals surface area contributed by atoms with Gasteiger partial charge in [0.2, 0.25) is 0 Å². The van der Waals surface area contributed by atoms with E-state index in [1.165, 1.54) is 0 Å². The lowest BCUT2D eigenvalue weighted by Gasteiger charge is -2.50. The number of nitrogens with one attached hydrogen (secondary N) is 1. The van der Waals surface area contributed by atoms with Crippen LogP contribution in [0.3, 0.4) is 0 Å². The molecule has 1 fully saturated rings. The summed E-state index contributed by atoms with van der Waals surface area (Å²) in [6, 6.07) is 11.4. The molecular weight excluding hydrogens is 324 g/mol. The number of aryl methyl sites for hydroxylation is 2. The van der Waals surface area contributed by atoms with Gasteiger partial charge < -0.3 is 10.1 Å². The van der Waals surface area contributed by atoms with Crippen molar-refractivity contribution in [2.75, 3.05) is 4.90 Å². The summed E-state index contributed by atoms with van der Waals surface area (Å²) in [6.45, 7) is 6.03. The Balaban J connectivity index is 1.82. The van der Waals surface area contributed by atoms with E-state index in [0.29, 0.717) is 11.4 Å². The molecule has 0 spiro atoms. The highest BCUT2D eigenvalue weighted by molar-refractivity contribution is 6.30. The number of fused-ring (bicyclic) bond motifs is 4. The zero-order valence-electron chi connectivity index (χ0n) is 13.9. The first-order valence-electron chi connectivity index (χ1n) is 8.03. The molecule has 4 rings (SSSR count). The predicted molar refractivity (Wildman–Crippen MR) is 94.8 cm³/mol. The Hall–Kier alpha value is -2.20. The lowest BCUT2D eigenvalue weighted by Crippen LogP contribution is -2.65. The van der Waals surface area contributed by atoms with E-state index < -0.39 is 5.72 Å². The van der Waals surface area contributed by atoms with E-state index in [9.17, 15) is 4.79 Å². The second-order valence-electron chi connectivity index (χ2n) is 6.85. The third-order valence-electron chi connectivity index (χ3n) is 4.70. The first-order chi connectivity index (χ1) is 11.4. The summed E-state index contributed by atoms with van der Waals surface area (Å²) in [5.74, 6) is 0.771. The van der Waals surface area contributed by atoms with Crippen LogP contribution in [0.15, 0.2) is 36.4 Å². The van der Waals surface area contributed by atoms with E-state index in [1.807, 2.05) is 51.1 Å². The molecule has 5 heteroatoms. The number of hydrogen-bond donors (Lipinski definition) is 1. The molecule has 2 amide bonds. The number of carbonyl (C=O) groups is 1. The number of anilines is 1. The minimum absolute atomic E-state index is 0.0906. The van der Waals surface area contributed by atoms with Crippen LogP contribution in [-0.2, 0) is 0 Å². The van der Waals surface area contributed by atoms with Crippen LogP contribution >= 0.6 is 11.6 Å². The minimum atomic E-state index is -0.728. The molecule has 0 aliphatic carbocycles. The van der Waals surface area contributed by atoms with Crippen molar-refractivity contribution in [3.63, 3.8) is 0 Å². The van der Waals surface area contributed by atoms with E-state index >= 15 is 0 Å². The fourth-order valence-electron chi connectivity index (χ4n) is 3.82. The molecule has 2 aromatic rings. The zero-order chi connectivity index (χ0) is 17.1.